The molecule has 1 atom stereocenters. The monoisotopic (exact) mass is 224 g/mol. The van der Waals surface area contributed by atoms with E-state index in [4.69, 9.17) is 0 Å². The lowest BCUT2D eigenvalue weighted by molar-refractivity contribution is 0.623. The highest BCUT2D eigenvalue weighted by molar-refractivity contribution is 5.31. The van der Waals surface area contributed by atoms with Gasteiger partial charge in [0.15, 0.2) is 0 Å². The molecule has 0 heterocycles. The molecule has 0 aromatic heterocycles. The van der Waals surface area contributed by atoms with E-state index in [9.17, 15) is 0 Å². The smallest absolute Gasteiger partial charge is 0.0251 e. The van der Waals surface area contributed by atoms with Gasteiger partial charge in [-0.2, -0.15) is 0 Å². The quantitative estimate of drug-likeness (QED) is 0.528. The summed E-state index contributed by atoms with van der Waals surface area (Å²) in [6.07, 6.45) is 6.18. The lowest BCUT2D eigenvalue weighted by Gasteiger charge is -2.00. The number of hydrogen-bond donors (Lipinski definition) is 0. The van der Waals surface area contributed by atoms with Gasteiger partial charge in [-0.1, -0.05) is 58.8 Å². The van der Waals surface area contributed by atoms with Crippen molar-refractivity contribution in [1.82, 2.24) is 0 Å². The first kappa shape index (κ1) is 17.9. The number of rotatable bonds is 2. The highest BCUT2D eigenvalue weighted by Gasteiger charge is 2.15. The standard InChI is InChI=1S/C12H20.2C2H6/c1-5-9(2)7-12-8-10(3)6-11(12)4;2*1-2/h7,10H,5-6,8H2,1-4H3;2*1-2H3/b9-7-;;. The van der Waals surface area contributed by atoms with Gasteiger partial charge < -0.3 is 0 Å². The van der Waals surface area contributed by atoms with Gasteiger partial charge in [0.1, 0.15) is 0 Å². The predicted octanol–water partition coefficient (Wildman–Crippen LogP) is 6.14. The van der Waals surface area contributed by atoms with Crippen LogP contribution in [-0.2, 0) is 0 Å². The van der Waals surface area contributed by atoms with E-state index in [1.165, 1.54) is 24.8 Å². The molecular formula is C16H32. The van der Waals surface area contributed by atoms with Gasteiger partial charge in [-0.15, -0.1) is 0 Å². The van der Waals surface area contributed by atoms with Crippen molar-refractivity contribution in [1.29, 1.82) is 0 Å². The molecule has 1 unspecified atom stereocenters. The Morgan fingerprint density at radius 2 is 1.69 bits per heavy atom. The molecule has 16 heavy (non-hydrogen) atoms. The summed E-state index contributed by atoms with van der Waals surface area (Å²) in [5.41, 5.74) is 4.72. The lowest BCUT2D eigenvalue weighted by atomic mass is 10.1. The third kappa shape index (κ3) is 6.87. The predicted molar refractivity (Wildman–Crippen MR) is 77.8 cm³/mol. The van der Waals surface area contributed by atoms with Crippen LogP contribution in [0.3, 0.4) is 0 Å². The fourth-order valence-electron chi connectivity index (χ4n) is 1.86. The molecule has 0 aromatic carbocycles. The van der Waals surface area contributed by atoms with Gasteiger partial charge in [-0.3, -0.25) is 0 Å². The molecule has 0 aliphatic heterocycles. The fraction of sp³-hybridized carbons (Fsp3) is 0.750. The summed E-state index contributed by atoms with van der Waals surface area (Å²) < 4.78 is 0. The van der Waals surface area contributed by atoms with Gasteiger partial charge in [0.05, 0.1) is 0 Å². The number of hydrogen-bond acceptors (Lipinski definition) is 0. The Kier molecular flexibility index (Phi) is 12.3. The van der Waals surface area contributed by atoms with Crippen LogP contribution in [0.25, 0.3) is 0 Å². The molecule has 0 amide bonds. The zero-order valence-electron chi connectivity index (χ0n) is 12.8. The van der Waals surface area contributed by atoms with Gasteiger partial charge in [0, 0.05) is 0 Å². The van der Waals surface area contributed by atoms with Crippen LogP contribution in [0.2, 0.25) is 0 Å². The second kappa shape index (κ2) is 11.0. The first-order valence-corrected chi connectivity index (χ1v) is 6.99. The Morgan fingerprint density at radius 1 is 1.19 bits per heavy atom. The summed E-state index contributed by atoms with van der Waals surface area (Å²) in [6, 6.07) is 0. The molecular weight excluding hydrogens is 192 g/mol. The molecule has 0 bridgehead atoms. The molecule has 0 heteroatoms. The molecule has 0 saturated carbocycles. The summed E-state index contributed by atoms with van der Waals surface area (Å²) >= 11 is 0. The highest BCUT2D eigenvalue weighted by Crippen LogP contribution is 2.32. The van der Waals surface area contributed by atoms with Crippen LogP contribution in [0.1, 0.15) is 74.7 Å². The van der Waals surface area contributed by atoms with Crippen LogP contribution in [0.4, 0.5) is 0 Å². The van der Waals surface area contributed by atoms with E-state index in [0.717, 1.165) is 5.92 Å². The molecule has 0 saturated heterocycles. The minimum absolute atomic E-state index is 0.876. The summed E-state index contributed by atoms with van der Waals surface area (Å²) in [7, 11) is 0. The van der Waals surface area contributed by atoms with Gasteiger partial charge in [0.25, 0.3) is 0 Å². The van der Waals surface area contributed by atoms with Crippen LogP contribution < -0.4 is 0 Å². The topological polar surface area (TPSA) is 0 Å². The Morgan fingerprint density at radius 3 is 2.00 bits per heavy atom. The molecule has 0 N–H and O–H groups in total. The summed E-state index contributed by atoms with van der Waals surface area (Å²) in [5, 5.41) is 0. The molecule has 1 rings (SSSR count). The van der Waals surface area contributed by atoms with Gasteiger partial charge in [-0.05, 0) is 44.6 Å². The van der Waals surface area contributed by atoms with E-state index in [2.05, 4.69) is 33.8 Å². The Labute approximate surface area is 104 Å². The molecule has 1 aliphatic rings. The Balaban J connectivity index is 0. The van der Waals surface area contributed by atoms with E-state index in [1.807, 2.05) is 27.7 Å². The first-order chi connectivity index (χ1) is 7.63. The lowest BCUT2D eigenvalue weighted by Crippen LogP contribution is -1.84. The summed E-state index contributed by atoms with van der Waals surface area (Å²) in [4.78, 5) is 0. The largest absolute Gasteiger partial charge is 0.0733 e. The van der Waals surface area contributed by atoms with E-state index in [-0.39, 0.29) is 0 Å². The third-order valence-corrected chi connectivity index (χ3v) is 2.75. The van der Waals surface area contributed by atoms with Crippen molar-refractivity contribution in [3.63, 3.8) is 0 Å². The van der Waals surface area contributed by atoms with Crippen LogP contribution in [0.5, 0.6) is 0 Å². The Hall–Kier alpha value is -0.520. The van der Waals surface area contributed by atoms with Crippen molar-refractivity contribution in [3.8, 4) is 0 Å². The van der Waals surface area contributed by atoms with Crippen LogP contribution >= 0.6 is 0 Å². The van der Waals surface area contributed by atoms with E-state index in [1.54, 1.807) is 11.1 Å². The minimum Gasteiger partial charge on any atom is -0.0733 e. The summed E-state index contributed by atoms with van der Waals surface area (Å²) in [6.45, 7) is 17.1. The molecule has 96 valence electrons. The maximum absolute atomic E-state index is 2.39. The molecule has 0 aromatic rings. The molecule has 0 radical (unpaired) electrons. The van der Waals surface area contributed by atoms with Crippen molar-refractivity contribution < 1.29 is 0 Å². The maximum Gasteiger partial charge on any atom is -0.0251 e. The molecule has 0 nitrogen and oxygen atoms in total. The van der Waals surface area contributed by atoms with Crippen LogP contribution in [0.15, 0.2) is 22.8 Å². The van der Waals surface area contributed by atoms with E-state index >= 15 is 0 Å². The van der Waals surface area contributed by atoms with Gasteiger partial charge in [0.2, 0.25) is 0 Å². The second-order valence-corrected chi connectivity index (χ2v) is 4.16. The van der Waals surface area contributed by atoms with E-state index in [0.29, 0.717) is 0 Å². The molecule has 1 aliphatic carbocycles. The van der Waals surface area contributed by atoms with Crippen molar-refractivity contribution in [3.05, 3.63) is 22.8 Å². The van der Waals surface area contributed by atoms with Crippen molar-refractivity contribution >= 4 is 0 Å². The van der Waals surface area contributed by atoms with Gasteiger partial charge >= 0.3 is 0 Å². The fourth-order valence-corrected chi connectivity index (χ4v) is 1.86. The van der Waals surface area contributed by atoms with Crippen molar-refractivity contribution in [2.45, 2.75) is 74.7 Å². The van der Waals surface area contributed by atoms with Crippen molar-refractivity contribution in [2.75, 3.05) is 0 Å². The number of allylic oxidation sites excluding steroid dienone is 4. The van der Waals surface area contributed by atoms with E-state index < -0.39 is 0 Å². The average Bonchev–Trinajstić information content (AvgIpc) is 2.63. The minimum atomic E-state index is 0.876. The Bertz CT molecular complexity index is 218. The normalized spacial score (nSPS) is 19.8. The zero-order chi connectivity index (χ0) is 13.1. The second-order valence-electron chi connectivity index (χ2n) is 4.16. The molecule has 0 fully saturated rings. The van der Waals surface area contributed by atoms with Crippen LogP contribution in [0, 0.1) is 5.92 Å². The highest BCUT2D eigenvalue weighted by atomic mass is 14.2. The van der Waals surface area contributed by atoms with Crippen LogP contribution in [-0.4, -0.2) is 0 Å². The third-order valence-electron chi connectivity index (χ3n) is 2.75. The van der Waals surface area contributed by atoms with Crippen molar-refractivity contribution in [2.24, 2.45) is 5.92 Å². The zero-order valence-corrected chi connectivity index (χ0v) is 12.8. The average molecular weight is 224 g/mol. The molecule has 0 spiro atoms. The maximum atomic E-state index is 2.39. The summed E-state index contributed by atoms with van der Waals surface area (Å²) in [5.74, 6) is 0.876. The van der Waals surface area contributed by atoms with Gasteiger partial charge in [-0.25, -0.2) is 0 Å². The first-order valence-electron chi connectivity index (χ1n) is 6.99. The SMILES string of the molecule is CC.CC.CC/C(C)=C\C1=C(C)CC(C)C1.